The zero-order valence-corrected chi connectivity index (χ0v) is 16.5. The predicted molar refractivity (Wildman–Crippen MR) is 103 cm³/mol. The highest BCUT2D eigenvalue weighted by atomic mass is 16.6. The third kappa shape index (κ3) is 4.70. The largest absolute Gasteiger partial charge is 0.456 e. The van der Waals surface area contributed by atoms with E-state index in [4.69, 9.17) is 9.47 Å². The van der Waals surface area contributed by atoms with Crippen molar-refractivity contribution < 1.29 is 14.3 Å². The maximum absolute atomic E-state index is 12.4. The number of hydrogen-bond donors (Lipinski definition) is 1. The molecule has 9 heteroatoms. The molecule has 0 radical (unpaired) electrons. The quantitative estimate of drug-likeness (QED) is 0.582. The molecule has 9 nitrogen and oxygen atoms in total. The Morgan fingerprint density at radius 1 is 1.18 bits per heavy atom. The monoisotopic (exact) mass is 392 g/mol. The highest BCUT2D eigenvalue weighted by Gasteiger charge is 2.22. The number of carbonyl (C=O) groups excluding carboxylic acids is 1. The van der Waals surface area contributed by atoms with Gasteiger partial charge in [-0.2, -0.15) is 0 Å². The molecular weight excluding hydrogens is 364 g/mol. The molecule has 154 valence electrons. The lowest BCUT2D eigenvalue weighted by atomic mass is 10.3. The lowest BCUT2D eigenvalue weighted by Gasteiger charge is -2.08. The molecule has 0 saturated heterocycles. The van der Waals surface area contributed by atoms with Crippen molar-refractivity contribution in [3.63, 3.8) is 0 Å². The van der Waals surface area contributed by atoms with Crippen LogP contribution in [0.2, 0.25) is 0 Å². The van der Waals surface area contributed by atoms with E-state index in [0.29, 0.717) is 42.6 Å². The first-order valence-corrected chi connectivity index (χ1v) is 10.0. The first-order chi connectivity index (χ1) is 13.5. The average molecular weight is 392 g/mol. The van der Waals surface area contributed by atoms with E-state index in [2.05, 4.69) is 9.97 Å². The van der Waals surface area contributed by atoms with E-state index in [1.54, 1.807) is 4.57 Å². The van der Waals surface area contributed by atoms with Gasteiger partial charge in [-0.25, -0.2) is 14.6 Å². The molecule has 28 heavy (non-hydrogen) atoms. The van der Waals surface area contributed by atoms with Crippen molar-refractivity contribution in [2.45, 2.75) is 65.6 Å². The molecule has 0 aromatic carbocycles. The van der Waals surface area contributed by atoms with E-state index in [9.17, 15) is 14.4 Å². The molecule has 1 fully saturated rings. The minimum atomic E-state index is -0.473. The van der Waals surface area contributed by atoms with Crippen LogP contribution in [0.1, 0.15) is 51.8 Å². The Morgan fingerprint density at radius 3 is 2.64 bits per heavy atom. The third-order valence-corrected chi connectivity index (χ3v) is 4.78. The van der Waals surface area contributed by atoms with Crippen LogP contribution >= 0.6 is 0 Å². The Morgan fingerprint density at radius 2 is 1.96 bits per heavy atom. The Balaban J connectivity index is 1.82. The first-order valence-electron chi connectivity index (χ1n) is 10.0. The molecule has 0 spiro atoms. The number of carbonyl (C=O) groups is 1. The zero-order valence-electron chi connectivity index (χ0n) is 16.5. The maximum Gasteiger partial charge on any atom is 0.332 e. The molecule has 0 atom stereocenters. The van der Waals surface area contributed by atoms with Crippen LogP contribution in [0.15, 0.2) is 9.59 Å². The number of nitrogens with one attached hydrogen (secondary N) is 1. The smallest absolute Gasteiger partial charge is 0.332 e. The lowest BCUT2D eigenvalue weighted by molar-refractivity contribution is -0.150. The van der Waals surface area contributed by atoms with Gasteiger partial charge in [-0.05, 0) is 31.6 Å². The molecule has 1 N–H and O–H groups in total. The van der Waals surface area contributed by atoms with Gasteiger partial charge >= 0.3 is 11.7 Å². The first kappa shape index (κ1) is 20.3. The number of imidazole rings is 1. The molecular formula is C19H28N4O5. The number of rotatable bonds is 11. The molecule has 2 aromatic heterocycles. The number of H-pyrrole nitrogens is 1. The number of esters is 1. The molecule has 0 unspecified atom stereocenters. The number of aromatic amines is 1. The summed E-state index contributed by atoms with van der Waals surface area (Å²) in [5.74, 6) is 0.565. The summed E-state index contributed by atoms with van der Waals surface area (Å²) in [6.45, 7) is 5.45. The van der Waals surface area contributed by atoms with Crippen molar-refractivity contribution in [2.75, 3.05) is 13.2 Å². The van der Waals surface area contributed by atoms with Gasteiger partial charge in [-0.15, -0.1) is 0 Å². The van der Waals surface area contributed by atoms with Gasteiger partial charge < -0.3 is 14.0 Å². The number of ether oxygens (including phenoxy) is 2. The van der Waals surface area contributed by atoms with Crippen molar-refractivity contribution in [1.82, 2.24) is 19.1 Å². The fourth-order valence-electron chi connectivity index (χ4n) is 3.10. The van der Waals surface area contributed by atoms with Gasteiger partial charge in [0.25, 0.3) is 5.56 Å². The Bertz CT molecular complexity index is 938. The number of fused-ring (bicyclic) bond motifs is 1. The van der Waals surface area contributed by atoms with Crippen LogP contribution < -0.4 is 11.2 Å². The van der Waals surface area contributed by atoms with Gasteiger partial charge in [-0.3, -0.25) is 14.3 Å². The predicted octanol–water partition coefficient (Wildman–Crippen LogP) is 1.57. The summed E-state index contributed by atoms with van der Waals surface area (Å²) in [4.78, 5) is 43.4. The molecule has 0 bridgehead atoms. The van der Waals surface area contributed by atoms with Gasteiger partial charge in [-0.1, -0.05) is 20.3 Å². The number of aryl methyl sites for hydroxylation is 2. The maximum atomic E-state index is 12.4. The Kier molecular flexibility index (Phi) is 6.66. The summed E-state index contributed by atoms with van der Waals surface area (Å²) in [5, 5.41) is 0. The van der Waals surface area contributed by atoms with Crippen molar-refractivity contribution in [3.8, 4) is 0 Å². The molecule has 0 aliphatic heterocycles. The standard InChI is InChI=1S/C19H28N4O5/c1-3-5-9-23-17-16(18(25)21-19(23)26)22(8-4-2)14(20-17)11-28-15(24)12-27-10-13-6-7-13/h13H,3-12H2,1-2H3,(H,21,25,26). The third-order valence-electron chi connectivity index (χ3n) is 4.78. The second-order valence-electron chi connectivity index (χ2n) is 7.24. The summed E-state index contributed by atoms with van der Waals surface area (Å²) in [6, 6.07) is 0. The van der Waals surface area contributed by atoms with Crippen LogP contribution in [0, 0.1) is 5.92 Å². The zero-order chi connectivity index (χ0) is 20.1. The van der Waals surface area contributed by atoms with E-state index >= 15 is 0 Å². The van der Waals surface area contributed by atoms with Crippen LogP contribution in [-0.2, 0) is 34.0 Å². The average Bonchev–Trinajstić information content (AvgIpc) is 3.41. The molecule has 3 rings (SSSR count). The topological polar surface area (TPSA) is 108 Å². The van der Waals surface area contributed by atoms with Crippen LogP contribution in [0.4, 0.5) is 0 Å². The van der Waals surface area contributed by atoms with Crippen molar-refractivity contribution >= 4 is 17.1 Å². The molecule has 2 aromatic rings. The normalized spacial score (nSPS) is 13.9. The van der Waals surface area contributed by atoms with E-state index in [1.807, 2.05) is 13.8 Å². The number of nitrogens with zero attached hydrogens (tertiary/aromatic N) is 3. The Labute approximate surface area is 162 Å². The van der Waals surface area contributed by atoms with E-state index in [-0.39, 0.29) is 13.2 Å². The molecule has 0 amide bonds. The van der Waals surface area contributed by atoms with Gasteiger partial charge in [0.1, 0.15) is 19.0 Å². The number of unbranched alkanes of at least 4 members (excludes halogenated alkanes) is 1. The van der Waals surface area contributed by atoms with Crippen molar-refractivity contribution in [1.29, 1.82) is 0 Å². The summed E-state index contributed by atoms with van der Waals surface area (Å²) < 4.78 is 13.8. The molecule has 1 saturated carbocycles. The van der Waals surface area contributed by atoms with E-state index in [0.717, 1.165) is 32.1 Å². The van der Waals surface area contributed by atoms with Gasteiger partial charge in [0, 0.05) is 13.1 Å². The summed E-state index contributed by atoms with van der Waals surface area (Å²) in [7, 11) is 0. The molecule has 1 aliphatic carbocycles. The van der Waals surface area contributed by atoms with Crippen molar-refractivity contribution in [2.24, 2.45) is 5.92 Å². The summed E-state index contributed by atoms with van der Waals surface area (Å²) >= 11 is 0. The highest BCUT2D eigenvalue weighted by Crippen LogP contribution is 2.28. The van der Waals surface area contributed by atoms with Crippen LogP contribution in [0.5, 0.6) is 0 Å². The minimum Gasteiger partial charge on any atom is -0.456 e. The van der Waals surface area contributed by atoms with Crippen LogP contribution in [-0.4, -0.2) is 38.3 Å². The second-order valence-corrected chi connectivity index (χ2v) is 7.24. The van der Waals surface area contributed by atoms with Gasteiger partial charge in [0.05, 0.1) is 6.61 Å². The fraction of sp³-hybridized carbons (Fsp3) is 0.684. The van der Waals surface area contributed by atoms with E-state index in [1.165, 1.54) is 4.57 Å². The highest BCUT2D eigenvalue weighted by molar-refractivity contribution is 5.72. The van der Waals surface area contributed by atoms with Gasteiger partial charge in [0.15, 0.2) is 11.2 Å². The van der Waals surface area contributed by atoms with E-state index < -0.39 is 17.2 Å². The fourth-order valence-corrected chi connectivity index (χ4v) is 3.10. The molecule has 2 heterocycles. The second kappa shape index (κ2) is 9.18. The number of hydrogen-bond acceptors (Lipinski definition) is 6. The lowest BCUT2D eigenvalue weighted by Crippen LogP contribution is -2.31. The summed E-state index contributed by atoms with van der Waals surface area (Å²) in [6.07, 6.45) is 4.79. The molecule has 1 aliphatic rings. The van der Waals surface area contributed by atoms with Crippen LogP contribution in [0.3, 0.4) is 0 Å². The SMILES string of the molecule is CCCCn1c(=O)[nH]c(=O)c2c1nc(COC(=O)COCC1CC1)n2CCC. The summed E-state index contributed by atoms with van der Waals surface area (Å²) in [5.41, 5.74) is -0.261. The van der Waals surface area contributed by atoms with Gasteiger partial charge in [0.2, 0.25) is 0 Å². The number of aromatic nitrogens is 4. The van der Waals surface area contributed by atoms with Crippen molar-refractivity contribution in [3.05, 3.63) is 26.7 Å². The van der Waals surface area contributed by atoms with Crippen LogP contribution in [0.25, 0.3) is 11.2 Å². The minimum absolute atomic E-state index is 0.0677. The Hall–Kier alpha value is -2.42.